The fourth-order valence-electron chi connectivity index (χ4n) is 6.17. The third kappa shape index (κ3) is 6.32. The molecule has 1 aromatic heterocycles. The van der Waals surface area contributed by atoms with E-state index in [0.717, 1.165) is 73.3 Å². The minimum Gasteiger partial charge on any atom is -0.361 e. The second-order valence-electron chi connectivity index (χ2n) is 11.5. The molecule has 196 valence electrons. The lowest BCUT2D eigenvalue weighted by Gasteiger charge is -2.30. The predicted octanol–water partition coefficient (Wildman–Crippen LogP) is 5.72. The van der Waals surface area contributed by atoms with Crippen molar-refractivity contribution in [1.29, 1.82) is 0 Å². The van der Waals surface area contributed by atoms with Crippen molar-refractivity contribution in [2.24, 2.45) is 11.8 Å². The van der Waals surface area contributed by atoms with Gasteiger partial charge < -0.3 is 15.2 Å². The smallest absolute Gasteiger partial charge is 0.224 e. The molecule has 2 heterocycles. The average Bonchev–Trinajstić information content (AvgIpc) is 3.19. The molecule has 1 saturated carbocycles. The van der Waals surface area contributed by atoms with Gasteiger partial charge in [-0.05, 0) is 86.2 Å². The molecular weight excluding hydrogens is 458 g/mol. The Balaban J connectivity index is 1.04. The fraction of sp³-hybridized carbons (Fsp3) is 0.500. The van der Waals surface area contributed by atoms with Crippen LogP contribution in [0.5, 0.6) is 0 Å². The highest BCUT2D eigenvalue weighted by atomic mass is 16.1. The first-order valence-corrected chi connectivity index (χ1v) is 14.2. The van der Waals surface area contributed by atoms with Crippen molar-refractivity contribution in [3.05, 3.63) is 70.9 Å². The summed E-state index contributed by atoms with van der Waals surface area (Å²) in [6, 6.07) is 14.8. The highest BCUT2D eigenvalue weighted by Crippen LogP contribution is 2.28. The van der Waals surface area contributed by atoms with E-state index in [-0.39, 0.29) is 17.6 Å². The molecule has 3 aromatic rings. The van der Waals surface area contributed by atoms with Gasteiger partial charge in [-0.15, -0.1) is 0 Å². The number of aromatic nitrogens is 1. The number of nitrogens with one attached hydrogen (secondary N) is 2. The monoisotopic (exact) mass is 499 g/mol. The number of hydrogen-bond donors (Lipinski definition) is 2. The van der Waals surface area contributed by atoms with E-state index in [2.05, 4.69) is 33.4 Å². The van der Waals surface area contributed by atoms with Crippen molar-refractivity contribution in [1.82, 2.24) is 15.2 Å². The minimum atomic E-state index is 0.0447. The summed E-state index contributed by atoms with van der Waals surface area (Å²) in [6.07, 6.45) is 10.3. The van der Waals surface area contributed by atoms with Gasteiger partial charge in [0.05, 0.1) is 6.42 Å². The van der Waals surface area contributed by atoms with E-state index in [4.69, 9.17) is 0 Å². The van der Waals surface area contributed by atoms with Crippen LogP contribution in [0.15, 0.2) is 48.7 Å². The van der Waals surface area contributed by atoms with Gasteiger partial charge in [0.25, 0.3) is 0 Å². The fourth-order valence-corrected chi connectivity index (χ4v) is 6.17. The molecule has 5 nitrogen and oxygen atoms in total. The Labute approximate surface area is 221 Å². The largest absolute Gasteiger partial charge is 0.361 e. The molecule has 1 amide bonds. The number of aromatic amines is 1. The maximum absolute atomic E-state index is 12.7. The van der Waals surface area contributed by atoms with Crippen LogP contribution >= 0.6 is 0 Å². The number of ketones is 1. The molecule has 0 saturated heterocycles. The Hall–Kier alpha value is -2.92. The van der Waals surface area contributed by atoms with E-state index in [1.165, 1.54) is 30.4 Å². The van der Waals surface area contributed by atoms with Crippen molar-refractivity contribution >= 4 is 22.6 Å². The third-order valence-electron chi connectivity index (χ3n) is 8.50. The molecule has 5 heteroatoms. The van der Waals surface area contributed by atoms with Crippen LogP contribution in [-0.2, 0) is 24.1 Å². The van der Waals surface area contributed by atoms with E-state index in [1.54, 1.807) is 0 Å². The average molecular weight is 500 g/mol. The highest BCUT2D eigenvalue weighted by Gasteiger charge is 2.24. The molecule has 0 spiro atoms. The number of rotatable bonds is 8. The van der Waals surface area contributed by atoms with Crippen LogP contribution in [0.1, 0.15) is 73.0 Å². The number of H-pyrrole nitrogens is 1. The summed E-state index contributed by atoms with van der Waals surface area (Å²) in [6.45, 7) is 7.27. The molecule has 1 aliphatic heterocycles. The first-order chi connectivity index (χ1) is 18.0. The molecule has 1 aliphatic carbocycles. The normalized spacial score (nSPS) is 20.5. The van der Waals surface area contributed by atoms with Crippen molar-refractivity contribution < 1.29 is 9.59 Å². The summed E-state index contributed by atoms with van der Waals surface area (Å²) in [5.41, 5.74) is 5.80. The summed E-state index contributed by atoms with van der Waals surface area (Å²) >= 11 is 0. The molecular formula is C32H41N3O2. The molecule has 2 aromatic carbocycles. The zero-order chi connectivity index (χ0) is 25.8. The molecule has 0 bridgehead atoms. The SMILES string of the molecule is CC(C)C(=O)c1ccc2c(c1)CCN(CCC1CCC(NC(=O)Cc3c[nH]c4ccccc34)CC1)CC2. The number of carbonyl (C=O) groups is 2. The van der Waals surface area contributed by atoms with Crippen LogP contribution in [-0.4, -0.2) is 47.3 Å². The second kappa shape index (κ2) is 11.6. The quantitative estimate of drug-likeness (QED) is 0.390. The van der Waals surface area contributed by atoms with E-state index in [1.807, 2.05) is 44.3 Å². The number of carbonyl (C=O) groups excluding carboxylic acids is 2. The van der Waals surface area contributed by atoms with Crippen LogP contribution < -0.4 is 5.32 Å². The molecule has 1 fully saturated rings. The highest BCUT2D eigenvalue weighted by molar-refractivity contribution is 5.97. The van der Waals surface area contributed by atoms with Gasteiger partial charge in [-0.25, -0.2) is 0 Å². The number of Topliss-reactive ketones (excluding diaryl/α,β-unsaturated/α-hetero) is 1. The molecule has 2 N–H and O–H groups in total. The van der Waals surface area contributed by atoms with Crippen molar-refractivity contribution in [2.75, 3.05) is 19.6 Å². The first-order valence-electron chi connectivity index (χ1n) is 14.2. The molecule has 2 aliphatic rings. The zero-order valence-electron chi connectivity index (χ0n) is 22.4. The first kappa shape index (κ1) is 25.7. The van der Waals surface area contributed by atoms with Gasteiger partial charge in [-0.2, -0.15) is 0 Å². The van der Waals surface area contributed by atoms with E-state index in [0.29, 0.717) is 12.5 Å². The lowest BCUT2D eigenvalue weighted by molar-refractivity contribution is -0.121. The van der Waals surface area contributed by atoms with Crippen LogP contribution in [0.3, 0.4) is 0 Å². The van der Waals surface area contributed by atoms with Crippen molar-refractivity contribution in [3.63, 3.8) is 0 Å². The van der Waals surface area contributed by atoms with Gasteiger partial charge in [-0.1, -0.05) is 44.2 Å². The van der Waals surface area contributed by atoms with Gasteiger partial charge in [-0.3, -0.25) is 9.59 Å². The van der Waals surface area contributed by atoms with Crippen LogP contribution in [0, 0.1) is 11.8 Å². The van der Waals surface area contributed by atoms with Crippen LogP contribution in [0.25, 0.3) is 10.9 Å². The van der Waals surface area contributed by atoms with Gasteiger partial charge >= 0.3 is 0 Å². The number of para-hydroxylation sites is 1. The predicted molar refractivity (Wildman–Crippen MR) is 150 cm³/mol. The standard InChI is InChI=1S/C32H41N3O2/c1-22(2)32(37)26-10-9-24-14-17-35(18-15-25(24)19-26)16-13-23-7-11-28(12-8-23)34-31(36)20-27-21-33-30-6-4-3-5-29(27)30/h3-6,9-10,19,21-23,28,33H,7-8,11-18,20H2,1-2H3,(H,34,36). The lowest BCUT2D eigenvalue weighted by Crippen LogP contribution is -2.39. The van der Waals surface area contributed by atoms with Crippen LogP contribution in [0.4, 0.5) is 0 Å². The maximum atomic E-state index is 12.7. The molecule has 0 unspecified atom stereocenters. The van der Waals surface area contributed by atoms with Gasteiger partial charge in [0.1, 0.15) is 0 Å². The molecule has 0 atom stereocenters. The Kier molecular flexibility index (Phi) is 8.09. The van der Waals surface area contributed by atoms with E-state index >= 15 is 0 Å². The number of nitrogens with zero attached hydrogens (tertiary/aromatic N) is 1. The summed E-state index contributed by atoms with van der Waals surface area (Å²) < 4.78 is 0. The summed E-state index contributed by atoms with van der Waals surface area (Å²) in [5, 5.41) is 4.44. The lowest BCUT2D eigenvalue weighted by atomic mass is 9.84. The second-order valence-corrected chi connectivity index (χ2v) is 11.5. The Bertz CT molecular complexity index is 1240. The van der Waals surface area contributed by atoms with E-state index < -0.39 is 0 Å². The van der Waals surface area contributed by atoms with Gasteiger partial charge in [0.2, 0.25) is 5.91 Å². The summed E-state index contributed by atoms with van der Waals surface area (Å²) in [4.78, 5) is 31.0. The van der Waals surface area contributed by atoms with Gasteiger partial charge in [0.15, 0.2) is 5.78 Å². The molecule has 0 radical (unpaired) electrons. The minimum absolute atomic E-state index is 0.0447. The number of hydrogen-bond acceptors (Lipinski definition) is 3. The maximum Gasteiger partial charge on any atom is 0.224 e. The van der Waals surface area contributed by atoms with Crippen molar-refractivity contribution in [3.8, 4) is 0 Å². The number of benzene rings is 2. The molecule has 5 rings (SSSR count). The Morgan fingerprint density at radius 3 is 2.54 bits per heavy atom. The number of amides is 1. The Morgan fingerprint density at radius 2 is 1.76 bits per heavy atom. The third-order valence-corrected chi connectivity index (χ3v) is 8.50. The summed E-state index contributed by atoms with van der Waals surface area (Å²) in [7, 11) is 0. The van der Waals surface area contributed by atoms with Crippen LogP contribution in [0.2, 0.25) is 0 Å². The summed E-state index contributed by atoms with van der Waals surface area (Å²) in [5.74, 6) is 1.18. The zero-order valence-corrected chi connectivity index (χ0v) is 22.4. The Morgan fingerprint density at radius 1 is 1.00 bits per heavy atom. The number of fused-ring (bicyclic) bond motifs is 2. The topological polar surface area (TPSA) is 65.2 Å². The molecule has 37 heavy (non-hydrogen) atoms. The van der Waals surface area contributed by atoms with Crippen molar-refractivity contribution in [2.45, 2.75) is 71.3 Å². The van der Waals surface area contributed by atoms with Gasteiger partial charge in [0, 0.05) is 47.7 Å². The van der Waals surface area contributed by atoms with E-state index in [9.17, 15) is 9.59 Å².